The maximum atomic E-state index is 11.1. The molecule has 1 rings (SSSR count). The molecule has 0 aliphatic heterocycles. The quantitative estimate of drug-likeness (QED) is 0.489. The van der Waals surface area contributed by atoms with Crippen molar-refractivity contribution in [2.45, 2.75) is 6.42 Å². The lowest BCUT2D eigenvalue weighted by Crippen LogP contribution is -2.34. The molecule has 0 radical (unpaired) electrons. The van der Waals surface area contributed by atoms with Gasteiger partial charge in [-0.1, -0.05) is 0 Å². The first-order chi connectivity index (χ1) is 5.59. The van der Waals surface area contributed by atoms with E-state index in [0.29, 0.717) is 6.42 Å². The summed E-state index contributed by atoms with van der Waals surface area (Å²) in [6.07, 6.45) is 0.378. The van der Waals surface area contributed by atoms with Crippen LogP contribution in [0.3, 0.4) is 0 Å². The van der Waals surface area contributed by atoms with E-state index < -0.39 is 0 Å². The van der Waals surface area contributed by atoms with Gasteiger partial charge in [0, 0.05) is 21.8 Å². The van der Waals surface area contributed by atoms with Gasteiger partial charge in [0.1, 0.15) is 0 Å². The molecule has 0 bridgehead atoms. The van der Waals surface area contributed by atoms with Gasteiger partial charge < -0.3 is 0 Å². The maximum absolute atomic E-state index is 11.1. The van der Waals surface area contributed by atoms with Crippen LogP contribution in [-0.2, 0) is 11.2 Å². The molecule has 0 saturated carbocycles. The summed E-state index contributed by atoms with van der Waals surface area (Å²) in [5, 5.41) is 3.05. The van der Waals surface area contributed by atoms with E-state index in [4.69, 9.17) is 5.84 Å². The molecule has 0 aromatic carbocycles. The van der Waals surface area contributed by atoms with E-state index in [1.165, 1.54) is 0 Å². The van der Waals surface area contributed by atoms with E-state index in [1.54, 1.807) is 18.4 Å². The zero-order chi connectivity index (χ0) is 9.14. The molecule has 0 unspecified atom stereocenters. The number of hydrogen-bond acceptors (Lipinski definition) is 3. The second-order valence-electron chi connectivity index (χ2n) is 2.41. The summed E-state index contributed by atoms with van der Waals surface area (Å²) in [6, 6.07) is 1.92. The third-order valence-electron chi connectivity index (χ3n) is 1.34. The SMILES string of the molecule is CN(N)C(=O)Cc1cc(Br)cs1. The standard InChI is InChI=1S/C7H9BrN2OS/c1-10(9)7(11)3-6-2-5(8)4-12-6/h2,4H,3,9H2,1H3. The van der Waals surface area contributed by atoms with E-state index >= 15 is 0 Å². The lowest BCUT2D eigenvalue weighted by atomic mass is 10.3. The van der Waals surface area contributed by atoms with Crippen molar-refractivity contribution in [3.05, 3.63) is 20.8 Å². The van der Waals surface area contributed by atoms with Crippen molar-refractivity contribution in [3.8, 4) is 0 Å². The molecular formula is C7H9BrN2OS. The molecule has 2 N–H and O–H groups in total. The molecule has 66 valence electrons. The molecule has 1 amide bonds. The van der Waals surface area contributed by atoms with Crippen molar-refractivity contribution in [1.82, 2.24) is 5.01 Å². The van der Waals surface area contributed by atoms with Crippen molar-refractivity contribution in [3.63, 3.8) is 0 Å². The number of likely N-dealkylation sites (N-methyl/N-ethyl adjacent to an activating group) is 1. The van der Waals surface area contributed by atoms with Crippen LogP contribution in [0.5, 0.6) is 0 Å². The topological polar surface area (TPSA) is 46.3 Å². The zero-order valence-corrected chi connectivity index (χ0v) is 8.98. The van der Waals surface area contributed by atoms with Gasteiger partial charge in [-0.05, 0) is 22.0 Å². The molecule has 12 heavy (non-hydrogen) atoms. The highest BCUT2D eigenvalue weighted by Gasteiger charge is 2.07. The monoisotopic (exact) mass is 248 g/mol. The third kappa shape index (κ3) is 2.58. The summed E-state index contributed by atoms with van der Waals surface area (Å²) in [5.41, 5.74) is 0. The van der Waals surface area contributed by atoms with Crippen LogP contribution < -0.4 is 5.84 Å². The Morgan fingerprint density at radius 1 is 1.83 bits per heavy atom. The van der Waals surface area contributed by atoms with Crippen LogP contribution in [0.2, 0.25) is 0 Å². The number of hydrazine groups is 1. The summed E-state index contributed by atoms with van der Waals surface area (Å²) < 4.78 is 1.01. The second kappa shape index (κ2) is 4.02. The highest BCUT2D eigenvalue weighted by Crippen LogP contribution is 2.20. The van der Waals surface area contributed by atoms with Crippen LogP contribution in [0, 0.1) is 0 Å². The zero-order valence-electron chi connectivity index (χ0n) is 6.58. The fourth-order valence-corrected chi connectivity index (χ4v) is 2.16. The Kier molecular flexibility index (Phi) is 3.25. The van der Waals surface area contributed by atoms with Gasteiger partial charge in [0.05, 0.1) is 6.42 Å². The average Bonchev–Trinajstić information content (AvgIpc) is 2.35. The third-order valence-corrected chi connectivity index (χ3v) is 3.04. The van der Waals surface area contributed by atoms with E-state index in [-0.39, 0.29) is 5.91 Å². The van der Waals surface area contributed by atoms with Gasteiger partial charge in [-0.2, -0.15) is 0 Å². The number of amides is 1. The Labute approximate surface area is 83.3 Å². The van der Waals surface area contributed by atoms with Crippen molar-refractivity contribution in [1.29, 1.82) is 0 Å². The van der Waals surface area contributed by atoms with Crippen LogP contribution in [0.15, 0.2) is 15.9 Å². The molecule has 0 fully saturated rings. The van der Waals surface area contributed by atoms with Crippen LogP contribution >= 0.6 is 27.3 Å². The van der Waals surface area contributed by atoms with E-state index in [0.717, 1.165) is 14.4 Å². The van der Waals surface area contributed by atoms with Crippen molar-refractivity contribution >= 4 is 33.2 Å². The molecule has 3 nitrogen and oxygen atoms in total. The fraction of sp³-hybridized carbons (Fsp3) is 0.286. The Balaban J connectivity index is 2.58. The van der Waals surface area contributed by atoms with Crippen LogP contribution in [0.4, 0.5) is 0 Å². The number of carbonyl (C=O) groups is 1. The van der Waals surface area contributed by atoms with Gasteiger partial charge >= 0.3 is 0 Å². The molecule has 0 aliphatic rings. The second-order valence-corrected chi connectivity index (χ2v) is 4.32. The first-order valence-electron chi connectivity index (χ1n) is 3.34. The number of nitrogens with zero attached hydrogens (tertiary/aromatic N) is 1. The number of hydrogen-bond donors (Lipinski definition) is 1. The number of thiophene rings is 1. The molecule has 1 heterocycles. The molecule has 0 spiro atoms. The largest absolute Gasteiger partial charge is 0.284 e. The molecule has 0 atom stereocenters. The number of carbonyl (C=O) groups excluding carboxylic acids is 1. The average molecular weight is 249 g/mol. The van der Waals surface area contributed by atoms with E-state index in [1.807, 2.05) is 11.4 Å². The fourth-order valence-electron chi connectivity index (χ4n) is 0.720. The van der Waals surface area contributed by atoms with Crippen molar-refractivity contribution in [2.75, 3.05) is 7.05 Å². The van der Waals surface area contributed by atoms with Crippen molar-refractivity contribution < 1.29 is 4.79 Å². The van der Waals surface area contributed by atoms with Gasteiger partial charge in [0.25, 0.3) is 0 Å². The smallest absolute Gasteiger partial charge is 0.241 e. The molecule has 1 aromatic heterocycles. The van der Waals surface area contributed by atoms with Gasteiger partial charge in [0.15, 0.2) is 0 Å². The number of nitrogens with two attached hydrogens (primary N) is 1. The Morgan fingerprint density at radius 3 is 2.92 bits per heavy atom. The Morgan fingerprint density at radius 2 is 2.50 bits per heavy atom. The minimum atomic E-state index is -0.0793. The Bertz CT molecular complexity index is 285. The lowest BCUT2D eigenvalue weighted by molar-refractivity contribution is -0.129. The molecule has 5 heteroatoms. The first kappa shape index (κ1) is 9.70. The molecule has 0 saturated heterocycles. The van der Waals surface area contributed by atoms with Crippen LogP contribution in [0.25, 0.3) is 0 Å². The first-order valence-corrected chi connectivity index (χ1v) is 5.01. The molecule has 0 aliphatic carbocycles. The minimum absolute atomic E-state index is 0.0793. The highest BCUT2D eigenvalue weighted by atomic mass is 79.9. The number of rotatable bonds is 2. The van der Waals surface area contributed by atoms with Crippen LogP contribution in [0.1, 0.15) is 4.88 Å². The molecular weight excluding hydrogens is 240 g/mol. The summed E-state index contributed by atoms with van der Waals surface area (Å²) in [6.45, 7) is 0. The number of halogens is 1. The summed E-state index contributed by atoms with van der Waals surface area (Å²) in [5.74, 6) is 5.19. The van der Waals surface area contributed by atoms with E-state index in [9.17, 15) is 4.79 Å². The van der Waals surface area contributed by atoms with E-state index in [2.05, 4.69) is 15.9 Å². The van der Waals surface area contributed by atoms with Crippen molar-refractivity contribution in [2.24, 2.45) is 5.84 Å². The normalized spacial score (nSPS) is 9.92. The summed E-state index contributed by atoms with van der Waals surface area (Å²) in [4.78, 5) is 12.1. The Hall–Kier alpha value is -0.390. The van der Waals surface area contributed by atoms with Gasteiger partial charge in [-0.15, -0.1) is 11.3 Å². The van der Waals surface area contributed by atoms with Gasteiger partial charge in [-0.3, -0.25) is 9.80 Å². The molecule has 1 aromatic rings. The lowest BCUT2D eigenvalue weighted by Gasteiger charge is -2.07. The maximum Gasteiger partial charge on any atom is 0.241 e. The summed E-state index contributed by atoms with van der Waals surface area (Å²) in [7, 11) is 1.55. The van der Waals surface area contributed by atoms with Gasteiger partial charge in [-0.25, -0.2) is 5.84 Å². The highest BCUT2D eigenvalue weighted by molar-refractivity contribution is 9.10. The van der Waals surface area contributed by atoms with Gasteiger partial charge in [0.2, 0.25) is 5.91 Å². The predicted octanol–water partition coefficient (Wildman–Crippen LogP) is 1.39. The van der Waals surface area contributed by atoms with Crippen LogP contribution in [-0.4, -0.2) is 18.0 Å². The predicted molar refractivity (Wildman–Crippen MR) is 52.7 cm³/mol. The minimum Gasteiger partial charge on any atom is -0.284 e. The summed E-state index contributed by atoms with van der Waals surface area (Å²) >= 11 is 4.86.